The molecule has 1 fully saturated rings. The first kappa shape index (κ1) is 17.2. The van der Waals surface area contributed by atoms with E-state index in [1.807, 2.05) is 24.0 Å². The maximum Gasteiger partial charge on any atom is 0.255 e. The van der Waals surface area contributed by atoms with Crippen LogP contribution in [0.4, 0.5) is 0 Å². The summed E-state index contributed by atoms with van der Waals surface area (Å²) in [6, 6.07) is 3.80. The molecule has 0 saturated carbocycles. The molecule has 4 nitrogen and oxygen atoms in total. The standard InChI is InChI=1S/C12H17N3O.2ClH/c1-9-4-5-10(7-14-9)12(16)15-6-2-3-11(13)8-15;;/h4-5,7,11H,2-3,6,8,13H2,1H3;2*1H. The highest BCUT2D eigenvalue weighted by Gasteiger charge is 2.22. The highest BCUT2D eigenvalue weighted by Crippen LogP contribution is 2.12. The monoisotopic (exact) mass is 291 g/mol. The van der Waals surface area contributed by atoms with E-state index in [4.69, 9.17) is 5.73 Å². The van der Waals surface area contributed by atoms with Crippen LogP contribution < -0.4 is 5.73 Å². The van der Waals surface area contributed by atoms with E-state index in [0.29, 0.717) is 12.1 Å². The Hall–Kier alpha value is -0.840. The average Bonchev–Trinajstić information content (AvgIpc) is 2.29. The number of likely N-dealkylation sites (tertiary alicyclic amines) is 1. The number of nitrogens with zero attached hydrogens (tertiary/aromatic N) is 2. The summed E-state index contributed by atoms with van der Waals surface area (Å²) in [5.74, 6) is 0.0441. The Labute approximate surface area is 120 Å². The van der Waals surface area contributed by atoms with E-state index in [1.165, 1.54) is 0 Å². The van der Waals surface area contributed by atoms with Crippen molar-refractivity contribution < 1.29 is 4.79 Å². The Bertz CT molecular complexity index is 383. The van der Waals surface area contributed by atoms with E-state index >= 15 is 0 Å². The number of pyridine rings is 1. The molecule has 1 aromatic heterocycles. The summed E-state index contributed by atoms with van der Waals surface area (Å²) < 4.78 is 0. The van der Waals surface area contributed by atoms with Gasteiger partial charge in [0.15, 0.2) is 0 Å². The van der Waals surface area contributed by atoms with Gasteiger partial charge in [-0.1, -0.05) is 0 Å². The normalized spacial score (nSPS) is 18.6. The zero-order valence-corrected chi connectivity index (χ0v) is 12.0. The van der Waals surface area contributed by atoms with Crippen LogP contribution in [0.2, 0.25) is 0 Å². The van der Waals surface area contributed by atoms with E-state index in [1.54, 1.807) is 6.20 Å². The summed E-state index contributed by atoms with van der Waals surface area (Å²) in [6.45, 7) is 3.37. The lowest BCUT2D eigenvalue weighted by Crippen LogP contribution is -2.45. The third-order valence-corrected chi connectivity index (χ3v) is 2.90. The van der Waals surface area contributed by atoms with E-state index in [-0.39, 0.29) is 36.8 Å². The average molecular weight is 292 g/mol. The molecule has 0 spiro atoms. The lowest BCUT2D eigenvalue weighted by molar-refractivity contribution is 0.0708. The largest absolute Gasteiger partial charge is 0.337 e. The fourth-order valence-corrected chi connectivity index (χ4v) is 1.97. The Morgan fingerprint density at radius 3 is 2.72 bits per heavy atom. The molecule has 1 unspecified atom stereocenters. The van der Waals surface area contributed by atoms with Crippen LogP contribution in [-0.4, -0.2) is 34.9 Å². The van der Waals surface area contributed by atoms with Crippen molar-refractivity contribution in [3.05, 3.63) is 29.6 Å². The van der Waals surface area contributed by atoms with Crippen LogP contribution >= 0.6 is 24.8 Å². The van der Waals surface area contributed by atoms with E-state index in [2.05, 4.69) is 4.98 Å². The number of carbonyl (C=O) groups excluding carboxylic acids is 1. The van der Waals surface area contributed by atoms with Crippen LogP contribution in [0.25, 0.3) is 0 Å². The minimum atomic E-state index is 0. The number of rotatable bonds is 1. The topological polar surface area (TPSA) is 59.2 Å². The van der Waals surface area contributed by atoms with Crippen LogP contribution in [0.15, 0.2) is 18.3 Å². The summed E-state index contributed by atoms with van der Waals surface area (Å²) >= 11 is 0. The molecule has 1 aliphatic heterocycles. The Balaban J connectivity index is 0.00000144. The third-order valence-electron chi connectivity index (χ3n) is 2.90. The minimum Gasteiger partial charge on any atom is -0.337 e. The molecule has 2 N–H and O–H groups in total. The highest BCUT2D eigenvalue weighted by atomic mass is 35.5. The van der Waals surface area contributed by atoms with Crippen LogP contribution in [0.5, 0.6) is 0 Å². The summed E-state index contributed by atoms with van der Waals surface area (Å²) in [6.07, 6.45) is 3.64. The molecule has 1 aliphatic rings. The van der Waals surface area contributed by atoms with Gasteiger partial charge in [0.2, 0.25) is 0 Å². The van der Waals surface area contributed by atoms with E-state index in [0.717, 1.165) is 25.1 Å². The van der Waals surface area contributed by atoms with Gasteiger partial charge >= 0.3 is 0 Å². The van der Waals surface area contributed by atoms with Crippen molar-refractivity contribution >= 4 is 30.7 Å². The summed E-state index contributed by atoms with van der Waals surface area (Å²) in [4.78, 5) is 18.0. The van der Waals surface area contributed by atoms with Gasteiger partial charge in [0.1, 0.15) is 0 Å². The van der Waals surface area contributed by atoms with Gasteiger partial charge in [0.25, 0.3) is 5.91 Å². The lowest BCUT2D eigenvalue weighted by atomic mass is 10.1. The van der Waals surface area contributed by atoms with Crippen molar-refractivity contribution in [3.63, 3.8) is 0 Å². The molecule has 0 aromatic carbocycles. The Morgan fingerprint density at radius 2 is 2.17 bits per heavy atom. The van der Waals surface area contributed by atoms with Crippen LogP contribution in [0.1, 0.15) is 28.9 Å². The molecule has 1 amide bonds. The zero-order valence-electron chi connectivity index (χ0n) is 10.3. The predicted octanol–water partition coefficient (Wildman–Crippen LogP) is 1.80. The van der Waals surface area contributed by atoms with Crippen molar-refractivity contribution in [1.29, 1.82) is 0 Å². The summed E-state index contributed by atoms with van der Waals surface area (Å²) in [7, 11) is 0. The van der Waals surface area contributed by atoms with Gasteiger partial charge in [-0.05, 0) is 31.9 Å². The fourth-order valence-electron chi connectivity index (χ4n) is 1.97. The number of carbonyl (C=O) groups is 1. The first-order valence-electron chi connectivity index (χ1n) is 5.64. The molecule has 1 atom stereocenters. The quantitative estimate of drug-likeness (QED) is 0.858. The summed E-state index contributed by atoms with van der Waals surface area (Å²) in [5, 5.41) is 0. The third kappa shape index (κ3) is 4.12. The van der Waals surface area contributed by atoms with Crippen LogP contribution in [0, 0.1) is 6.92 Å². The van der Waals surface area contributed by atoms with Crippen LogP contribution in [0.3, 0.4) is 0 Å². The first-order chi connectivity index (χ1) is 7.66. The molecule has 1 saturated heterocycles. The van der Waals surface area contributed by atoms with Crippen molar-refractivity contribution in [2.24, 2.45) is 5.73 Å². The number of amides is 1. The van der Waals surface area contributed by atoms with E-state index < -0.39 is 0 Å². The molecule has 102 valence electrons. The summed E-state index contributed by atoms with van der Waals surface area (Å²) in [5.41, 5.74) is 7.43. The highest BCUT2D eigenvalue weighted by molar-refractivity contribution is 5.94. The number of hydrogen-bond donors (Lipinski definition) is 1. The van der Waals surface area contributed by atoms with Crippen molar-refractivity contribution in [2.75, 3.05) is 13.1 Å². The smallest absolute Gasteiger partial charge is 0.255 e. The molecule has 0 aliphatic carbocycles. The maximum absolute atomic E-state index is 12.1. The molecular formula is C12H19Cl2N3O. The molecular weight excluding hydrogens is 273 g/mol. The lowest BCUT2D eigenvalue weighted by Gasteiger charge is -2.30. The van der Waals surface area contributed by atoms with Gasteiger partial charge in [-0.25, -0.2) is 0 Å². The van der Waals surface area contributed by atoms with Gasteiger partial charge < -0.3 is 10.6 Å². The minimum absolute atomic E-state index is 0. The Kier molecular flexibility index (Phi) is 7.21. The molecule has 0 bridgehead atoms. The van der Waals surface area contributed by atoms with Crippen molar-refractivity contribution in [1.82, 2.24) is 9.88 Å². The molecule has 2 rings (SSSR count). The fraction of sp³-hybridized carbons (Fsp3) is 0.500. The van der Waals surface area contributed by atoms with E-state index in [9.17, 15) is 4.79 Å². The number of hydrogen-bond acceptors (Lipinski definition) is 3. The van der Waals surface area contributed by atoms with Gasteiger partial charge in [-0.3, -0.25) is 9.78 Å². The number of aryl methyl sites for hydroxylation is 1. The SMILES string of the molecule is Cc1ccc(C(=O)N2CCCC(N)C2)cn1.Cl.Cl. The van der Waals surface area contributed by atoms with Crippen molar-refractivity contribution in [2.45, 2.75) is 25.8 Å². The Morgan fingerprint density at radius 1 is 1.44 bits per heavy atom. The van der Waals surface area contributed by atoms with Crippen LogP contribution in [-0.2, 0) is 0 Å². The van der Waals surface area contributed by atoms with Gasteiger partial charge in [0, 0.05) is 31.0 Å². The maximum atomic E-state index is 12.1. The molecule has 18 heavy (non-hydrogen) atoms. The molecule has 1 aromatic rings. The zero-order chi connectivity index (χ0) is 11.5. The van der Waals surface area contributed by atoms with Gasteiger partial charge in [-0.15, -0.1) is 24.8 Å². The number of piperidine rings is 1. The second-order valence-corrected chi connectivity index (χ2v) is 4.34. The van der Waals surface area contributed by atoms with Gasteiger partial charge in [-0.2, -0.15) is 0 Å². The second-order valence-electron chi connectivity index (χ2n) is 4.34. The first-order valence-corrected chi connectivity index (χ1v) is 5.64. The number of nitrogens with two attached hydrogens (primary N) is 1. The van der Waals surface area contributed by atoms with Crippen molar-refractivity contribution in [3.8, 4) is 0 Å². The molecule has 2 heterocycles. The molecule has 6 heteroatoms. The predicted molar refractivity (Wildman–Crippen MR) is 76.6 cm³/mol. The van der Waals surface area contributed by atoms with Gasteiger partial charge in [0.05, 0.1) is 5.56 Å². The number of halogens is 2. The second kappa shape index (κ2) is 7.56. The number of aromatic nitrogens is 1. The molecule has 0 radical (unpaired) electrons.